The minimum absolute atomic E-state index is 0.121. The molecule has 0 saturated heterocycles. The Kier molecular flexibility index (Phi) is 4.92. The van der Waals surface area contributed by atoms with Gasteiger partial charge in [-0.15, -0.1) is 0 Å². The van der Waals surface area contributed by atoms with E-state index in [4.69, 9.17) is 8.83 Å². The van der Waals surface area contributed by atoms with Gasteiger partial charge in [-0.05, 0) is 56.0 Å². The topological polar surface area (TPSA) is 85.3 Å². The maximum absolute atomic E-state index is 12.5. The van der Waals surface area contributed by atoms with Crippen molar-refractivity contribution in [2.45, 2.75) is 40.2 Å². The average molecular weight is 390 g/mol. The van der Waals surface area contributed by atoms with Gasteiger partial charge in [0.05, 0.1) is 0 Å². The number of nitrogens with one attached hydrogen (secondary N) is 1. The molecule has 0 fully saturated rings. The third kappa shape index (κ3) is 3.66. The highest BCUT2D eigenvalue weighted by atomic mass is 16.4. The standard InChI is InChI=1S/C23H22N2O4/c1-13-15(3)28-20-10-21-19(9-18(13)20)14(2)17(23(27)29-21)6-7-22(26)25-12-16-5-4-8-24-11-16/h4-5,8-11H,6-7,12H2,1-3H3,(H,25,26). The number of aromatic nitrogens is 1. The smallest absolute Gasteiger partial charge is 0.339 e. The van der Waals surface area contributed by atoms with Crippen LogP contribution in [0, 0.1) is 20.8 Å². The molecule has 6 heteroatoms. The molecule has 6 nitrogen and oxygen atoms in total. The molecule has 1 N–H and O–H groups in total. The number of hydrogen-bond acceptors (Lipinski definition) is 5. The van der Waals surface area contributed by atoms with Crippen molar-refractivity contribution in [2.75, 3.05) is 0 Å². The van der Waals surface area contributed by atoms with Crippen LogP contribution in [0.4, 0.5) is 0 Å². The van der Waals surface area contributed by atoms with Gasteiger partial charge in [-0.25, -0.2) is 4.79 Å². The van der Waals surface area contributed by atoms with Crippen molar-refractivity contribution in [3.63, 3.8) is 0 Å². The summed E-state index contributed by atoms with van der Waals surface area (Å²) in [5.74, 6) is 0.727. The molecule has 0 atom stereocenters. The summed E-state index contributed by atoms with van der Waals surface area (Å²) >= 11 is 0. The van der Waals surface area contributed by atoms with Crippen molar-refractivity contribution in [3.8, 4) is 0 Å². The zero-order chi connectivity index (χ0) is 20.5. The van der Waals surface area contributed by atoms with Crippen LogP contribution < -0.4 is 10.9 Å². The Bertz CT molecular complexity index is 1270. The lowest BCUT2D eigenvalue weighted by atomic mass is 10.0. The zero-order valence-corrected chi connectivity index (χ0v) is 16.7. The first kappa shape index (κ1) is 18.9. The van der Waals surface area contributed by atoms with Crippen LogP contribution in [0.15, 0.2) is 50.3 Å². The van der Waals surface area contributed by atoms with E-state index >= 15 is 0 Å². The predicted octanol–water partition coefficient (Wildman–Crippen LogP) is 4.11. The summed E-state index contributed by atoms with van der Waals surface area (Å²) < 4.78 is 11.3. The Labute approximate surface area is 167 Å². The Morgan fingerprint density at radius 3 is 2.59 bits per heavy atom. The van der Waals surface area contributed by atoms with Crippen molar-refractivity contribution in [2.24, 2.45) is 0 Å². The molecule has 0 unspecified atom stereocenters. The van der Waals surface area contributed by atoms with Crippen molar-refractivity contribution >= 4 is 27.8 Å². The van der Waals surface area contributed by atoms with Gasteiger partial charge in [-0.3, -0.25) is 9.78 Å². The van der Waals surface area contributed by atoms with E-state index in [9.17, 15) is 9.59 Å². The first-order valence-corrected chi connectivity index (χ1v) is 9.55. The second kappa shape index (κ2) is 7.54. The van der Waals surface area contributed by atoms with E-state index in [0.717, 1.165) is 33.2 Å². The van der Waals surface area contributed by atoms with Crippen molar-refractivity contribution in [3.05, 3.63) is 75.1 Å². The van der Waals surface area contributed by atoms with Crippen LogP contribution in [0.5, 0.6) is 0 Å². The van der Waals surface area contributed by atoms with Crippen LogP contribution in [0.1, 0.15) is 34.4 Å². The van der Waals surface area contributed by atoms with Gasteiger partial charge >= 0.3 is 5.63 Å². The van der Waals surface area contributed by atoms with E-state index in [1.165, 1.54) is 0 Å². The third-order valence-electron chi connectivity index (χ3n) is 5.40. The molecule has 0 aliphatic heterocycles. The molecule has 0 saturated carbocycles. The molecular formula is C23H22N2O4. The number of carbonyl (C=O) groups is 1. The number of carbonyl (C=O) groups excluding carboxylic acids is 1. The average Bonchev–Trinajstić information content (AvgIpc) is 2.99. The lowest BCUT2D eigenvalue weighted by molar-refractivity contribution is -0.121. The Balaban J connectivity index is 1.56. The quantitative estimate of drug-likeness (QED) is 0.518. The summed E-state index contributed by atoms with van der Waals surface area (Å²) in [7, 11) is 0. The molecule has 4 aromatic rings. The van der Waals surface area contributed by atoms with Gasteiger partial charge in [0.2, 0.25) is 5.91 Å². The van der Waals surface area contributed by atoms with Crippen molar-refractivity contribution in [1.82, 2.24) is 10.3 Å². The second-order valence-electron chi connectivity index (χ2n) is 7.26. The maximum atomic E-state index is 12.5. The van der Waals surface area contributed by atoms with E-state index in [1.54, 1.807) is 18.5 Å². The predicted molar refractivity (Wildman–Crippen MR) is 111 cm³/mol. The van der Waals surface area contributed by atoms with Gasteiger partial charge < -0.3 is 14.2 Å². The maximum Gasteiger partial charge on any atom is 0.339 e. The zero-order valence-electron chi connectivity index (χ0n) is 16.7. The molecule has 29 heavy (non-hydrogen) atoms. The van der Waals surface area contributed by atoms with Gasteiger partial charge in [0, 0.05) is 47.8 Å². The number of aryl methyl sites for hydroxylation is 3. The fourth-order valence-corrected chi connectivity index (χ4v) is 3.54. The summed E-state index contributed by atoms with van der Waals surface area (Å²) in [4.78, 5) is 28.8. The summed E-state index contributed by atoms with van der Waals surface area (Å²) in [5.41, 5.74) is 4.18. The van der Waals surface area contributed by atoms with Crippen LogP contribution in [0.25, 0.3) is 21.9 Å². The van der Waals surface area contributed by atoms with Crippen LogP contribution in [0.3, 0.4) is 0 Å². The molecular weight excluding hydrogens is 368 g/mol. The van der Waals surface area contributed by atoms with E-state index in [-0.39, 0.29) is 12.3 Å². The first-order chi connectivity index (χ1) is 13.9. The second-order valence-corrected chi connectivity index (χ2v) is 7.26. The molecule has 0 aliphatic rings. The number of amides is 1. The number of fused-ring (bicyclic) bond motifs is 2. The Morgan fingerprint density at radius 2 is 1.83 bits per heavy atom. The van der Waals surface area contributed by atoms with Gasteiger partial charge in [-0.1, -0.05) is 6.07 Å². The largest absolute Gasteiger partial charge is 0.461 e. The molecule has 0 radical (unpaired) electrons. The molecule has 148 valence electrons. The number of furan rings is 1. The monoisotopic (exact) mass is 390 g/mol. The van der Waals surface area contributed by atoms with Crippen LogP contribution >= 0.6 is 0 Å². The minimum Gasteiger partial charge on any atom is -0.461 e. The molecule has 4 rings (SSSR count). The lowest BCUT2D eigenvalue weighted by Crippen LogP contribution is -2.24. The molecule has 0 bridgehead atoms. The molecule has 1 aromatic carbocycles. The summed E-state index contributed by atoms with van der Waals surface area (Å²) in [6, 6.07) is 7.49. The Hall–Kier alpha value is -3.41. The van der Waals surface area contributed by atoms with Crippen LogP contribution in [0.2, 0.25) is 0 Å². The van der Waals surface area contributed by atoms with E-state index < -0.39 is 5.63 Å². The van der Waals surface area contributed by atoms with E-state index in [0.29, 0.717) is 29.7 Å². The molecule has 3 heterocycles. The first-order valence-electron chi connectivity index (χ1n) is 9.55. The van der Waals surface area contributed by atoms with Gasteiger partial charge in [0.25, 0.3) is 0 Å². The molecule has 1 amide bonds. The molecule has 0 aliphatic carbocycles. The summed E-state index contributed by atoms with van der Waals surface area (Å²) in [5, 5.41) is 4.73. The summed E-state index contributed by atoms with van der Waals surface area (Å²) in [6.07, 6.45) is 3.93. The molecule has 0 spiro atoms. The highest BCUT2D eigenvalue weighted by molar-refractivity contribution is 5.96. The highest BCUT2D eigenvalue weighted by Gasteiger charge is 2.16. The fraction of sp³-hybridized carbons (Fsp3) is 0.261. The number of nitrogens with zero attached hydrogens (tertiary/aromatic N) is 1. The highest BCUT2D eigenvalue weighted by Crippen LogP contribution is 2.31. The summed E-state index contributed by atoms with van der Waals surface area (Å²) in [6.45, 7) is 6.23. The van der Waals surface area contributed by atoms with Gasteiger partial charge in [-0.2, -0.15) is 0 Å². The van der Waals surface area contributed by atoms with Crippen molar-refractivity contribution < 1.29 is 13.6 Å². The van der Waals surface area contributed by atoms with Crippen molar-refractivity contribution in [1.29, 1.82) is 0 Å². The fourth-order valence-electron chi connectivity index (χ4n) is 3.54. The van der Waals surface area contributed by atoms with E-state index in [2.05, 4.69) is 10.3 Å². The normalized spacial score (nSPS) is 11.3. The number of rotatable bonds is 5. The Morgan fingerprint density at radius 1 is 1.07 bits per heavy atom. The van der Waals surface area contributed by atoms with E-state index in [1.807, 2.05) is 39.0 Å². The SMILES string of the molecule is Cc1oc2cc3oc(=O)c(CCC(=O)NCc4cccnc4)c(C)c3cc2c1C. The van der Waals surface area contributed by atoms with Crippen LogP contribution in [-0.2, 0) is 17.8 Å². The number of benzene rings is 1. The lowest BCUT2D eigenvalue weighted by Gasteiger charge is -2.09. The molecule has 3 aromatic heterocycles. The minimum atomic E-state index is -0.408. The van der Waals surface area contributed by atoms with Crippen LogP contribution in [-0.4, -0.2) is 10.9 Å². The third-order valence-corrected chi connectivity index (χ3v) is 5.40. The van der Waals surface area contributed by atoms with Gasteiger partial charge in [0.15, 0.2) is 0 Å². The number of hydrogen-bond donors (Lipinski definition) is 1. The van der Waals surface area contributed by atoms with Gasteiger partial charge in [0.1, 0.15) is 16.9 Å². The number of pyridine rings is 1.